The van der Waals surface area contributed by atoms with Gasteiger partial charge < -0.3 is 10.6 Å². The number of thiocarbonyl (C=S) groups is 1. The summed E-state index contributed by atoms with van der Waals surface area (Å²) in [6, 6.07) is 6.23. The molecule has 0 unspecified atom stereocenters. The van der Waals surface area contributed by atoms with Gasteiger partial charge in [-0.3, -0.25) is 0 Å². The van der Waals surface area contributed by atoms with Crippen LogP contribution in [0.2, 0.25) is 0 Å². The topological polar surface area (TPSA) is 29.3 Å². The van der Waals surface area contributed by atoms with Gasteiger partial charge in [0.05, 0.1) is 0 Å². The van der Waals surface area contributed by atoms with Crippen LogP contribution in [0.25, 0.3) is 0 Å². The number of aryl methyl sites for hydroxylation is 1. The van der Waals surface area contributed by atoms with Gasteiger partial charge in [-0.2, -0.15) is 0 Å². The highest BCUT2D eigenvalue weighted by Crippen LogP contribution is 2.14. The zero-order valence-corrected chi connectivity index (χ0v) is 12.7. The van der Waals surface area contributed by atoms with E-state index in [2.05, 4.69) is 44.9 Å². The summed E-state index contributed by atoms with van der Waals surface area (Å²) in [5, 5.41) is 0. The van der Waals surface area contributed by atoms with Crippen molar-refractivity contribution in [2.24, 2.45) is 11.7 Å². The molecule has 0 bridgehead atoms. The molecule has 0 aromatic heterocycles. The maximum atomic E-state index is 5.64. The molecule has 3 heteroatoms. The van der Waals surface area contributed by atoms with E-state index < -0.39 is 0 Å². The standard InChI is InChI=1S/C15H24N2S/c1-11(2)7-8-17(4)10-14-6-5-13(15(16)18)9-12(14)3/h5-6,9,11H,7-8,10H2,1-4H3,(H2,16,18). The average Bonchev–Trinajstić information content (AvgIpc) is 2.29. The third kappa shape index (κ3) is 4.75. The van der Waals surface area contributed by atoms with Crippen LogP contribution in [0.15, 0.2) is 18.2 Å². The molecule has 0 amide bonds. The Morgan fingerprint density at radius 1 is 1.39 bits per heavy atom. The number of benzene rings is 1. The Morgan fingerprint density at radius 2 is 2.06 bits per heavy atom. The summed E-state index contributed by atoms with van der Waals surface area (Å²) in [5.74, 6) is 0.755. The summed E-state index contributed by atoms with van der Waals surface area (Å²) in [7, 11) is 2.17. The van der Waals surface area contributed by atoms with Gasteiger partial charge in [0, 0.05) is 12.1 Å². The molecule has 0 aliphatic heterocycles. The summed E-state index contributed by atoms with van der Waals surface area (Å²) < 4.78 is 0. The lowest BCUT2D eigenvalue weighted by atomic mass is 10.0. The molecule has 2 nitrogen and oxygen atoms in total. The Bertz CT molecular complexity index is 413. The summed E-state index contributed by atoms with van der Waals surface area (Å²) in [6.07, 6.45) is 1.24. The summed E-state index contributed by atoms with van der Waals surface area (Å²) >= 11 is 4.99. The molecule has 0 spiro atoms. The molecule has 0 saturated carbocycles. The lowest BCUT2D eigenvalue weighted by molar-refractivity contribution is 0.303. The van der Waals surface area contributed by atoms with Crippen LogP contribution < -0.4 is 5.73 Å². The number of hydrogen-bond donors (Lipinski definition) is 1. The van der Waals surface area contributed by atoms with Gasteiger partial charge in [0.1, 0.15) is 4.99 Å². The van der Waals surface area contributed by atoms with Gasteiger partial charge in [0.25, 0.3) is 0 Å². The first-order chi connectivity index (χ1) is 8.40. The highest BCUT2D eigenvalue weighted by molar-refractivity contribution is 7.80. The van der Waals surface area contributed by atoms with Crippen LogP contribution in [-0.4, -0.2) is 23.5 Å². The molecule has 1 aromatic rings. The molecule has 100 valence electrons. The molecule has 2 N–H and O–H groups in total. The van der Waals surface area contributed by atoms with Crippen molar-refractivity contribution in [1.82, 2.24) is 4.90 Å². The average molecular weight is 264 g/mol. The molecule has 0 fully saturated rings. The summed E-state index contributed by atoms with van der Waals surface area (Å²) in [6.45, 7) is 8.75. The molecule has 0 heterocycles. The van der Waals surface area contributed by atoms with Crippen molar-refractivity contribution in [2.75, 3.05) is 13.6 Å². The molecule has 1 aromatic carbocycles. The van der Waals surface area contributed by atoms with E-state index in [9.17, 15) is 0 Å². The Balaban J connectivity index is 2.64. The smallest absolute Gasteiger partial charge is 0.103 e. The van der Waals surface area contributed by atoms with Crippen molar-refractivity contribution in [3.63, 3.8) is 0 Å². The first-order valence-corrected chi connectivity index (χ1v) is 6.89. The fourth-order valence-corrected chi connectivity index (χ4v) is 2.00. The van der Waals surface area contributed by atoms with Crippen LogP contribution in [0, 0.1) is 12.8 Å². The Hall–Kier alpha value is -0.930. The number of nitrogens with zero attached hydrogens (tertiary/aromatic N) is 1. The largest absolute Gasteiger partial charge is 0.389 e. The molecule has 1 rings (SSSR count). The zero-order chi connectivity index (χ0) is 13.7. The molecular weight excluding hydrogens is 240 g/mol. The molecular formula is C15H24N2S. The summed E-state index contributed by atoms with van der Waals surface area (Å²) in [5.41, 5.74) is 9.20. The Morgan fingerprint density at radius 3 is 2.56 bits per heavy atom. The maximum Gasteiger partial charge on any atom is 0.103 e. The maximum absolute atomic E-state index is 5.64. The number of hydrogen-bond acceptors (Lipinski definition) is 2. The molecule has 0 radical (unpaired) electrons. The molecule has 0 aliphatic carbocycles. The van der Waals surface area contributed by atoms with E-state index >= 15 is 0 Å². The van der Waals surface area contributed by atoms with E-state index in [0.29, 0.717) is 4.99 Å². The minimum absolute atomic E-state index is 0.470. The van der Waals surface area contributed by atoms with E-state index in [1.807, 2.05) is 6.07 Å². The molecule has 18 heavy (non-hydrogen) atoms. The second-order valence-corrected chi connectivity index (χ2v) is 5.87. The van der Waals surface area contributed by atoms with Crippen molar-refractivity contribution >= 4 is 17.2 Å². The van der Waals surface area contributed by atoms with Gasteiger partial charge in [-0.1, -0.05) is 38.2 Å². The normalized spacial score (nSPS) is 11.2. The van der Waals surface area contributed by atoms with Crippen molar-refractivity contribution in [2.45, 2.75) is 33.7 Å². The number of rotatable bonds is 6. The first kappa shape index (κ1) is 15.1. The Kier molecular flexibility index (Phi) is 5.76. The van der Waals surface area contributed by atoms with Gasteiger partial charge in [-0.25, -0.2) is 0 Å². The first-order valence-electron chi connectivity index (χ1n) is 6.48. The van der Waals surface area contributed by atoms with Crippen LogP contribution in [0.3, 0.4) is 0 Å². The lowest BCUT2D eigenvalue weighted by Gasteiger charge is -2.19. The van der Waals surface area contributed by atoms with Crippen LogP contribution in [0.5, 0.6) is 0 Å². The van der Waals surface area contributed by atoms with Crippen LogP contribution in [0.4, 0.5) is 0 Å². The van der Waals surface area contributed by atoms with Crippen LogP contribution in [-0.2, 0) is 6.54 Å². The van der Waals surface area contributed by atoms with E-state index in [1.165, 1.54) is 17.5 Å². The van der Waals surface area contributed by atoms with Crippen molar-refractivity contribution in [1.29, 1.82) is 0 Å². The van der Waals surface area contributed by atoms with Crippen molar-refractivity contribution < 1.29 is 0 Å². The van der Waals surface area contributed by atoms with Crippen LogP contribution >= 0.6 is 12.2 Å². The second kappa shape index (κ2) is 6.86. The van der Waals surface area contributed by atoms with Gasteiger partial charge in [0.2, 0.25) is 0 Å². The highest BCUT2D eigenvalue weighted by Gasteiger charge is 2.06. The lowest BCUT2D eigenvalue weighted by Crippen LogP contribution is -2.21. The van der Waals surface area contributed by atoms with E-state index in [4.69, 9.17) is 18.0 Å². The third-order valence-corrected chi connectivity index (χ3v) is 3.39. The monoisotopic (exact) mass is 264 g/mol. The molecule has 0 aliphatic rings. The Labute approximate surface area is 116 Å². The zero-order valence-electron chi connectivity index (χ0n) is 11.9. The third-order valence-electron chi connectivity index (χ3n) is 3.16. The van der Waals surface area contributed by atoms with Gasteiger partial charge in [0.15, 0.2) is 0 Å². The fourth-order valence-electron chi connectivity index (χ4n) is 1.87. The van der Waals surface area contributed by atoms with Crippen LogP contribution in [0.1, 0.15) is 37.0 Å². The highest BCUT2D eigenvalue weighted by atomic mass is 32.1. The SMILES string of the molecule is Cc1cc(C(N)=S)ccc1CN(C)CCC(C)C. The summed E-state index contributed by atoms with van der Waals surface area (Å²) in [4.78, 5) is 2.83. The van der Waals surface area contributed by atoms with Crippen molar-refractivity contribution in [3.05, 3.63) is 34.9 Å². The predicted octanol–water partition coefficient (Wildman–Crippen LogP) is 3.11. The predicted molar refractivity (Wildman–Crippen MR) is 82.9 cm³/mol. The van der Waals surface area contributed by atoms with Crippen molar-refractivity contribution in [3.8, 4) is 0 Å². The van der Waals surface area contributed by atoms with E-state index in [1.54, 1.807) is 0 Å². The van der Waals surface area contributed by atoms with Gasteiger partial charge >= 0.3 is 0 Å². The quantitative estimate of drug-likeness (QED) is 0.801. The van der Waals surface area contributed by atoms with E-state index in [0.717, 1.165) is 24.6 Å². The minimum Gasteiger partial charge on any atom is -0.389 e. The molecule has 0 atom stereocenters. The molecule has 0 saturated heterocycles. The van der Waals surface area contributed by atoms with Gasteiger partial charge in [-0.15, -0.1) is 0 Å². The number of nitrogens with two attached hydrogens (primary N) is 1. The fraction of sp³-hybridized carbons (Fsp3) is 0.533. The minimum atomic E-state index is 0.470. The van der Waals surface area contributed by atoms with Gasteiger partial charge in [-0.05, 0) is 50.0 Å². The van der Waals surface area contributed by atoms with E-state index in [-0.39, 0.29) is 0 Å². The second-order valence-electron chi connectivity index (χ2n) is 5.43.